The van der Waals surface area contributed by atoms with Crippen molar-refractivity contribution in [1.29, 1.82) is 0 Å². The summed E-state index contributed by atoms with van der Waals surface area (Å²) >= 11 is 0.822. The van der Waals surface area contributed by atoms with Crippen LogP contribution >= 0.6 is 11.8 Å². The molecule has 0 spiro atoms. The number of aromatic carboxylic acids is 1. The van der Waals surface area contributed by atoms with Crippen molar-refractivity contribution < 1.29 is 24.2 Å². The van der Waals surface area contributed by atoms with Crippen molar-refractivity contribution in [3.8, 4) is 11.3 Å². The molecular formula is C18H13N3O5S-2. The molecule has 2 heterocycles. The first-order chi connectivity index (χ1) is 13.0. The van der Waals surface area contributed by atoms with E-state index < -0.39 is 11.9 Å². The molecule has 3 aromatic rings. The number of hydrogen-bond donors (Lipinski definition) is 1. The van der Waals surface area contributed by atoms with Crippen LogP contribution in [0.25, 0.3) is 17.4 Å². The minimum atomic E-state index is -1.41. The number of furan rings is 1. The van der Waals surface area contributed by atoms with Gasteiger partial charge in [0.25, 0.3) is 0 Å². The highest BCUT2D eigenvalue weighted by atomic mass is 32.2. The third-order valence-electron chi connectivity index (χ3n) is 3.56. The van der Waals surface area contributed by atoms with Gasteiger partial charge in [-0.05, 0) is 30.0 Å². The van der Waals surface area contributed by atoms with E-state index in [2.05, 4.69) is 15.2 Å². The Morgan fingerprint density at radius 1 is 1.22 bits per heavy atom. The first-order valence-corrected chi connectivity index (χ1v) is 8.72. The number of hydrogen-bond acceptors (Lipinski definition) is 8. The SMILES string of the molecule is CCc1nc(S/C(=C/c2ccc(-c3ccccc3C(=O)[O-])o2)C(=O)[O-])n[nH]1. The molecule has 8 nitrogen and oxygen atoms in total. The van der Waals surface area contributed by atoms with Gasteiger partial charge < -0.3 is 24.2 Å². The number of carboxylic acids is 2. The van der Waals surface area contributed by atoms with Crippen molar-refractivity contribution in [3.63, 3.8) is 0 Å². The average molecular weight is 383 g/mol. The van der Waals surface area contributed by atoms with Gasteiger partial charge in [0, 0.05) is 22.5 Å². The summed E-state index contributed by atoms with van der Waals surface area (Å²) < 4.78 is 5.58. The third-order valence-corrected chi connectivity index (χ3v) is 4.43. The van der Waals surface area contributed by atoms with Gasteiger partial charge in [0.2, 0.25) is 5.16 Å². The zero-order chi connectivity index (χ0) is 19.4. The van der Waals surface area contributed by atoms with E-state index in [0.29, 0.717) is 17.8 Å². The van der Waals surface area contributed by atoms with Gasteiger partial charge in [-0.2, -0.15) is 0 Å². The van der Waals surface area contributed by atoms with Crippen molar-refractivity contribution in [2.75, 3.05) is 0 Å². The lowest BCUT2D eigenvalue weighted by Gasteiger charge is -2.07. The topological polar surface area (TPSA) is 135 Å². The Morgan fingerprint density at radius 2 is 2.00 bits per heavy atom. The molecule has 3 rings (SSSR count). The minimum absolute atomic E-state index is 0.0234. The Hall–Kier alpha value is -3.33. The fourth-order valence-electron chi connectivity index (χ4n) is 2.29. The van der Waals surface area contributed by atoms with Gasteiger partial charge in [-0.15, -0.1) is 5.10 Å². The maximum Gasteiger partial charge on any atom is 0.213 e. The number of aromatic nitrogens is 3. The molecular weight excluding hydrogens is 370 g/mol. The fourth-order valence-corrected chi connectivity index (χ4v) is 2.99. The molecule has 0 bridgehead atoms. The normalized spacial score (nSPS) is 11.5. The Morgan fingerprint density at radius 3 is 2.67 bits per heavy atom. The zero-order valence-corrected chi connectivity index (χ0v) is 14.9. The summed E-state index contributed by atoms with van der Waals surface area (Å²) in [5, 5.41) is 29.5. The van der Waals surface area contributed by atoms with Crippen LogP contribution in [0.2, 0.25) is 0 Å². The molecule has 0 radical (unpaired) electrons. The molecule has 1 aromatic carbocycles. The fraction of sp³-hybridized carbons (Fsp3) is 0.111. The number of H-pyrrole nitrogens is 1. The van der Waals surface area contributed by atoms with Crippen LogP contribution in [0.4, 0.5) is 0 Å². The smallest absolute Gasteiger partial charge is 0.213 e. The molecule has 0 saturated heterocycles. The van der Waals surface area contributed by atoms with E-state index in [9.17, 15) is 19.8 Å². The molecule has 2 aromatic heterocycles. The molecule has 0 aliphatic heterocycles. The first-order valence-electron chi connectivity index (χ1n) is 7.90. The quantitative estimate of drug-likeness (QED) is 0.469. The van der Waals surface area contributed by atoms with Gasteiger partial charge in [0.15, 0.2) is 0 Å². The number of nitrogens with one attached hydrogen (secondary N) is 1. The van der Waals surface area contributed by atoms with Crippen LogP contribution in [0.5, 0.6) is 0 Å². The number of aliphatic carboxylic acids is 1. The molecule has 1 N–H and O–H groups in total. The van der Waals surface area contributed by atoms with E-state index in [1.807, 2.05) is 6.92 Å². The molecule has 27 heavy (non-hydrogen) atoms. The van der Waals surface area contributed by atoms with Gasteiger partial charge in [0.05, 0.1) is 11.9 Å². The van der Waals surface area contributed by atoms with E-state index in [4.69, 9.17) is 4.42 Å². The van der Waals surface area contributed by atoms with Gasteiger partial charge in [-0.25, -0.2) is 4.98 Å². The maximum absolute atomic E-state index is 11.4. The molecule has 0 atom stereocenters. The van der Waals surface area contributed by atoms with Crippen LogP contribution in [0, 0.1) is 0 Å². The highest BCUT2D eigenvalue weighted by molar-refractivity contribution is 8.04. The number of carbonyl (C=O) groups excluding carboxylic acids is 2. The highest BCUT2D eigenvalue weighted by Crippen LogP contribution is 2.29. The Balaban J connectivity index is 1.90. The van der Waals surface area contributed by atoms with Crippen LogP contribution in [0.1, 0.15) is 28.9 Å². The van der Waals surface area contributed by atoms with E-state index in [1.54, 1.807) is 24.3 Å². The zero-order valence-electron chi connectivity index (χ0n) is 14.1. The molecule has 138 valence electrons. The summed E-state index contributed by atoms with van der Waals surface area (Å²) in [6, 6.07) is 9.29. The van der Waals surface area contributed by atoms with Crippen molar-refractivity contribution in [1.82, 2.24) is 15.2 Å². The summed E-state index contributed by atoms with van der Waals surface area (Å²) in [6.45, 7) is 1.89. The van der Waals surface area contributed by atoms with Gasteiger partial charge in [0.1, 0.15) is 17.3 Å². The molecule has 9 heteroatoms. The van der Waals surface area contributed by atoms with Crippen LogP contribution in [-0.4, -0.2) is 27.1 Å². The van der Waals surface area contributed by atoms with Crippen LogP contribution < -0.4 is 10.2 Å². The van der Waals surface area contributed by atoms with Crippen molar-refractivity contribution in [2.24, 2.45) is 0 Å². The lowest BCUT2D eigenvalue weighted by molar-refractivity contribution is -0.298. The second-order valence-electron chi connectivity index (χ2n) is 5.35. The Labute approximate surface area is 157 Å². The standard InChI is InChI=1S/C18H15N3O5S/c1-2-15-19-18(21-20-15)27-14(17(24)25)9-10-7-8-13(26-10)11-5-3-4-6-12(11)16(22)23/h3-9H,2H2,1H3,(H,22,23)(H,24,25)(H,19,20,21)/p-2/b14-9+. The van der Waals surface area contributed by atoms with Crippen molar-refractivity contribution in [3.05, 3.63) is 58.5 Å². The van der Waals surface area contributed by atoms with E-state index in [-0.39, 0.29) is 27.1 Å². The Bertz CT molecular complexity index is 1020. The molecule has 0 saturated carbocycles. The number of aryl methyl sites for hydroxylation is 1. The summed E-state index contributed by atoms with van der Waals surface area (Å²) in [6.07, 6.45) is 1.91. The molecule has 0 unspecified atom stereocenters. The summed E-state index contributed by atoms with van der Waals surface area (Å²) in [5.41, 5.74) is 0.311. The summed E-state index contributed by atoms with van der Waals surface area (Å²) in [4.78, 5) is 26.6. The molecule has 0 fully saturated rings. The third kappa shape index (κ3) is 4.26. The maximum atomic E-state index is 11.4. The molecule has 0 aliphatic rings. The largest absolute Gasteiger partial charge is 0.545 e. The summed E-state index contributed by atoms with van der Waals surface area (Å²) in [5.74, 6) is -1.61. The van der Waals surface area contributed by atoms with Gasteiger partial charge in [-0.1, -0.05) is 31.2 Å². The lowest BCUT2D eigenvalue weighted by atomic mass is 10.1. The monoisotopic (exact) mass is 383 g/mol. The van der Waals surface area contributed by atoms with Crippen LogP contribution in [0.15, 0.2) is 50.9 Å². The highest BCUT2D eigenvalue weighted by Gasteiger charge is 2.12. The first kappa shape index (κ1) is 18.5. The number of nitrogens with zero attached hydrogens (tertiary/aromatic N) is 2. The predicted molar refractivity (Wildman–Crippen MR) is 93.1 cm³/mol. The van der Waals surface area contributed by atoms with E-state index in [1.165, 1.54) is 18.2 Å². The Kier molecular flexibility index (Phi) is 5.41. The van der Waals surface area contributed by atoms with E-state index >= 15 is 0 Å². The minimum Gasteiger partial charge on any atom is -0.545 e. The van der Waals surface area contributed by atoms with Gasteiger partial charge in [-0.3, -0.25) is 5.10 Å². The second kappa shape index (κ2) is 7.92. The number of rotatable bonds is 7. The average Bonchev–Trinajstić information content (AvgIpc) is 3.30. The van der Waals surface area contributed by atoms with Crippen molar-refractivity contribution in [2.45, 2.75) is 18.5 Å². The van der Waals surface area contributed by atoms with Crippen molar-refractivity contribution >= 4 is 29.8 Å². The number of thioether (sulfide) groups is 1. The predicted octanol–water partition coefficient (Wildman–Crippen LogP) is 0.874. The van der Waals surface area contributed by atoms with E-state index in [0.717, 1.165) is 11.8 Å². The molecule has 0 aliphatic carbocycles. The molecule has 0 amide bonds. The van der Waals surface area contributed by atoms with Crippen LogP contribution in [-0.2, 0) is 11.2 Å². The second-order valence-corrected chi connectivity index (χ2v) is 6.36. The number of carboxylic acid groups (broad SMARTS) is 2. The van der Waals surface area contributed by atoms with Gasteiger partial charge >= 0.3 is 0 Å². The summed E-state index contributed by atoms with van der Waals surface area (Å²) in [7, 11) is 0. The number of carbonyl (C=O) groups is 2. The number of benzene rings is 1. The number of aromatic amines is 1. The lowest BCUT2D eigenvalue weighted by Crippen LogP contribution is -2.23. The van der Waals surface area contributed by atoms with Crippen LogP contribution in [0.3, 0.4) is 0 Å².